The summed E-state index contributed by atoms with van der Waals surface area (Å²) in [5.41, 5.74) is 0.429. The molecular formula is C15H17ClN4O3S. The van der Waals surface area contributed by atoms with E-state index < -0.39 is 10.0 Å². The van der Waals surface area contributed by atoms with Gasteiger partial charge in [-0.05, 0) is 31.0 Å². The van der Waals surface area contributed by atoms with E-state index in [0.717, 1.165) is 12.8 Å². The van der Waals surface area contributed by atoms with Gasteiger partial charge in [-0.25, -0.2) is 8.42 Å². The number of anilines is 1. The molecule has 1 saturated heterocycles. The van der Waals surface area contributed by atoms with Gasteiger partial charge in [-0.3, -0.25) is 9.48 Å². The van der Waals surface area contributed by atoms with Gasteiger partial charge in [0, 0.05) is 25.0 Å². The molecule has 0 aliphatic carbocycles. The van der Waals surface area contributed by atoms with Crippen LogP contribution in [0.25, 0.3) is 0 Å². The maximum atomic E-state index is 12.6. The average Bonchev–Trinajstić information content (AvgIpc) is 3.19. The van der Waals surface area contributed by atoms with E-state index in [1.54, 1.807) is 12.1 Å². The van der Waals surface area contributed by atoms with E-state index in [1.807, 2.05) is 0 Å². The molecule has 24 heavy (non-hydrogen) atoms. The number of halogens is 1. The van der Waals surface area contributed by atoms with Crippen LogP contribution in [0.15, 0.2) is 41.6 Å². The van der Waals surface area contributed by atoms with Gasteiger partial charge in [0.25, 0.3) is 0 Å². The second-order valence-electron chi connectivity index (χ2n) is 5.54. The largest absolute Gasteiger partial charge is 0.324 e. The first-order valence-corrected chi connectivity index (χ1v) is 9.35. The fraction of sp³-hybridized carbons (Fsp3) is 0.333. The van der Waals surface area contributed by atoms with Crippen LogP contribution in [0, 0.1) is 0 Å². The fourth-order valence-electron chi connectivity index (χ4n) is 2.58. The molecule has 3 rings (SSSR count). The van der Waals surface area contributed by atoms with Crippen molar-refractivity contribution in [3.8, 4) is 0 Å². The Morgan fingerprint density at radius 1 is 1.29 bits per heavy atom. The van der Waals surface area contributed by atoms with Crippen molar-refractivity contribution in [3.05, 3.63) is 41.7 Å². The number of hydrogen-bond donors (Lipinski definition) is 1. The molecule has 0 saturated carbocycles. The van der Waals surface area contributed by atoms with Crippen molar-refractivity contribution in [2.75, 3.05) is 18.4 Å². The van der Waals surface area contributed by atoms with Crippen molar-refractivity contribution in [3.63, 3.8) is 0 Å². The Hall–Kier alpha value is -1.90. The summed E-state index contributed by atoms with van der Waals surface area (Å²) in [5, 5.41) is 7.05. The summed E-state index contributed by atoms with van der Waals surface area (Å²) in [6.07, 6.45) is 4.73. The molecule has 0 unspecified atom stereocenters. The number of benzene rings is 1. The van der Waals surface area contributed by atoms with Crippen LogP contribution in [0.1, 0.15) is 12.8 Å². The molecule has 1 aliphatic heterocycles. The van der Waals surface area contributed by atoms with Crippen molar-refractivity contribution >= 4 is 33.2 Å². The number of hydrogen-bond acceptors (Lipinski definition) is 4. The number of amides is 1. The molecule has 128 valence electrons. The van der Waals surface area contributed by atoms with Gasteiger partial charge in [0.2, 0.25) is 15.9 Å². The van der Waals surface area contributed by atoms with Crippen molar-refractivity contribution in [2.45, 2.75) is 24.3 Å². The van der Waals surface area contributed by atoms with Crippen molar-refractivity contribution < 1.29 is 13.2 Å². The molecule has 9 heteroatoms. The van der Waals surface area contributed by atoms with E-state index in [0.29, 0.717) is 23.8 Å². The Morgan fingerprint density at radius 2 is 2.04 bits per heavy atom. The van der Waals surface area contributed by atoms with Crippen molar-refractivity contribution in [1.82, 2.24) is 14.1 Å². The quantitative estimate of drug-likeness (QED) is 0.874. The number of aromatic nitrogens is 2. The first kappa shape index (κ1) is 16.9. The summed E-state index contributed by atoms with van der Waals surface area (Å²) >= 11 is 5.75. The molecule has 2 heterocycles. The predicted octanol–water partition coefficient (Wildman–Crippen LogP) is 1.96. The van der Waals surface area contributed by atoms with Crippen LogP contribution in [0.3, 0.4) is 0 Å². The number of nitrogens with zero attached hydrogens (tertiary/aromatic N) is 3. The lowest BCUT2D eigenvalue weighted by Crippen LogP contribution is -2.28. The van der Waals surface area contributed by atoms with Gasteiger partial charge in [-0.15, -0.1) is 0 Å². The summed E-state index contributed by atoms with van der Waals surface area (Å²) in [7, 11) is -3.51. The Balaban J connectivity index is 1.72. The molecule has 7 nitrogen and oxygen atoms in total. The first-order valence-electron chi connectivity index (χ1n) is 7.53. The van der Waals surface area contributed by atoms with E-state index in [-0.39, 0.29) is 17.3 Å². The second kappa shape index (κ2) is 6.92. The Labute approximate surface area is 145 Å². The number of sulfonamides is 1. The predicted molar refractivity (Wildman–Crippen MR) is 90.3 cm³/mol. The monoisotopic (exact) mass is 368 g/mol. The zero-order valence-corrected chi connectivity index (χ0v) is 14.4. The van der Waals surface area contributed by atoms with Crippen LogP contribution in [-0.2, 0) is 21.4 Å². The molecule has 1 aliphatic rings. The van der Waals surface area contributed by atoms with E-state index in [9.17, 15) is 13.2 Å². The molecule has 1 fully saturated rings. The minimum atomic E-state index is -3.51. The smallest absolute Gasteiger partial charge is 0.246 e. The highest BCUT2D eigenvalue weighted by Crippen LogP contribution is 2.23. The Bertz CT molecular complexity index is 844. The number of rotatable bonds is 5. The van der Waals surface area contributed by atoms with Crippen LogP contribution in [0.4, 0.5) is 5.69 Å². The number of carbonyl (C=O) groups excluding carboxylic acids is 1. The SMILES string of the molecule is O=C(Cn1cc(Cl)cn1)Nc1cccc(S(=O)(=O)N2CCCC2)c1. The van der Waals surface area contributed by atoms with Gasteiger partial charge in [0.05, 0.1) is 16.1 Å². The third kappa shape index (κ3) is 3.77. The summed E-state index contributed by atoms with van der Waals surface area (Å²) in [6.45, 7) is 1.08. The second-order valence-corrected chi connectivity index (χ2v) is 7.92. The summed E-state index contributed by atoms with van der Waals surface area (Å²) in [4.78, 5) is 12.2. The third-order valence-corrected chi connectivity index (χ3v) is 5.82. The lowest BCUT2D eigenvalue weighted by Gasteiger charge is -2.16. The average molecular weight is 369 g/mol. The Kier molecular flexibility index (Phi) is 4.88. The molecular weight excluding hydrogens is 352 g/mol. The first-order chi connectivity index (χ1) is 11.4. The molecule has 2 aromatic rings. The van der Waals surface area contributed by atoms with E-state index >= 15 is 0 Å². The zero-order chi connectivity index (χ0) is 17.2. The van der Waals surface area contributed by atoms with Crippen LogP contribution in [0.2, 0.25) is 5.02 Å². The number of carbonyl (C=O) groups is 1. The number of nitrogens with one attached hydrogen (secondary N) is 1. The summed E-state index contributed by atoms with van der Waals surface area (Å²) in [5.74, 6) is -0.314. The van der Waals surface area contributed by atoms with Crippen LogP contribution in [-0.4, -0.2) is 41.5 Å². The fourth-order valence-corrected chi connectivity index (χ4v) is 4.30. The van der Waals surface area contributed by atoms with Crippen molar-refractivity contribution in [2.24, 2.45) is 0 Å². The van der Waals surface area contributed by atoms with Crippen LogP contribution >= 0.6 is 11.6 Å². The van der Waals surface area contributed by atoms with Crippen LogP contribution in [0.5, 0.6) is 0 Å². The van der Waals surface area contributed by atoms with Gasteiger partial charge >= 0.3 is 0 Å². The lowest BCUT2D eigenvalue weighted by atomic mass is 10.3. The van der Waals surface area contributed by atoms with Gasteiger partial charge in [-0.2, -0.15) is 9.40 Å². The molecule has 0 radical (unpaired) electrons. The highest BCUT2D eigenvalue weighted by Gasteiger charge is 2.27. The Morgan fingerprint density at radius 3 is 2.71 bits per heavy atom. The zero-order valence-electron chi connectivity index (χ0n) is 12.9. The molecule has 0 atom stereocenters. The highest BCUT2D eigenvalue weighted by molar-refractivity contribution is 7.89. The minimum absolute atomic E-state index is 0.00414. The normalized spacial score (nSPS) is 15.5. The third-order valence-electron chi connectivity index (χ3n) is 3.73. The maximum Gasteiger partial charge on any atom is 0.246 e. The van der Waals surface area contributed by atoms with Gasteiger partial charge < -0.3 is 5.32 Å². The summed E-state index contributed by atoms with van der Waals surface area (Å²) < 4.78 is 28.0. The van der Waals surface area contributed by atoms with Gasteiger partial charge in [-0.1, -0.05) is 17.7 Å². The molecule has 1 N–H and O–H groups in total. The van der Waals surface area contributed by atoms with E-state index in [1.165, 1.54) is 33.5 Å². The molecule has 0 bridgehead atoms. The van der Waals surface area contributed by atoms with Gasteiger partial charge in [0.15, 0.2) is 0 Å². The topological polar surface area (TPSA) is 84.3 Å². The molecule has 1 amide bonds. The van der Waals surface area contributed by atoms with E-state index in [2.05, 4.69) is 10.4 Å². The minimum Gasteiger partial charge on any atom is -0.324 e. The molecule has 0 spiro atoms. The van der Waals surface area contributed by atoms with Crippen molar-refractivity contribution in [1.29, 1.82) is 0 Å². The van der Waals surface area contributed by atoms with E-state index in [4.69, 9.17) is 11.6 Å². The highest BCUT2D eigenvalue weighted by atomic mass is 35.5. The maximum absolute atomic E-state index is 12.6. The molecule has 1 aromatic carbocycles. The molecule has 1 aromatic heterocycles. The standard InChI is InChI=1S/C15H17ClN4O3S/c16-12-9-17-19(10-12)11-15(21)18-13-4-3-5-14(8-13)24(22,23)20-6-1-2-7-20/h3-5,8-10H,1-2,6-7,11H2,(H,18,21). The van der Waals surface area contributed by atoms with Crippen LogP contribution < -0.4 is 5.32 Å². The van der Waals surface area contributed by atoms with Gasteiger partial charge in [0.1, 0.15) is 6.54 Å². The summed E-state index contributed by atoms with van der Waals surface area (Å²) in [6, 6.07) is 6.28. The lowest BCUT2D eigenvalue weighted by molar-refractivity contribution is -0.116.